The minimum atomic E-state index is -0.633. The largest absolute Gasteiger partial charge is 0.464 e. The lowest BCUT2D eigenvalue weighted by atomic mass is 9.70. The Labute approximate surface area is 104 Å². The van der Waals surface area contributed by atoms with E-state index in [0.29, 0.717) is 18.4 Å². The molecule has 3 atom stereocenters. The van der Waals surface area contributed by atoms with Crippen LogP contribution < -0.4 is 0 Å². The Morgan fingerprint density at radius 1 is 1.29 bits per heavy atom. The first-order valence-electron chi connectivity index (χ1n) is 6.87. The number of hydrogen-bond donors (Lipinski definition) is 0. The number of rotatable bonds is 3. The Morgan fingerprint density at radius 3 is 2.35 bits per heavy atom. The molecular weight excluding hydrogens is 216 g/mol. The van der Waals surface area contributed by atoms with Crippen molar-refractivity contribution in [2.45, 2.75) is 64.6 Å². The highest BCUT2D eigenvalue weighted by molar-refractivity contribution is 5.85. The Morgan fingerprint density at radius 2 is 1.88 bits per heavy atom. The summed E-state index contributed by atoms with van der Waals surface area (Å²) in [7, 11) is 0. The third-order valence-electron chi connectivity index (χ3n) is 4.33. The summed E-state index contributed by atoms with van der Waals surface area (Å²) in [6.07, 6.45) is 3.98. The van der Waals surface area contributed by atoms with Gasteiger partial charge in [-0.2, -0.15) is 0 Å². The van der Waals surface area contributed by atoms with Gasteiger partial charge < -0.3 is 9.47 Å². The second-order valence-corrected chi connectivity index (χ2v) is 5.85. The van der Waals surface area contributed by atoms with Crippen molar-refractivity contribution in [3.8, 4) is 0 Å². The molecule has 0 bridgehead atoms. The molecule has 1 aliphatic heterocycles. The number of epoxide rings is 1. The van der Waals surface area contributed by atoms with Gasteiger partial charge in [0.1, 0.15) is 5.60 Å². The summed E-state index contributed by atoms with van der Waals surface area (Å²) in [5.41, 5.74) is -0.850. The van der Waals surface area contributed by atoms with Crippen molar-refractivity contribution < 1.29 is 14.3 Å². The van der Waals surface area contributed by atoms with E-state index in [4.69, 9.17) is 9.47 Å². The molecule has 1 saturated heterocycles. The van der Waals surface area contributed by atoms with E-state index in [2.05, 4.69) is 13.8 Å². The van der Waals surface area contributed by atoms with Crippen LogP contribution in [0.25, 0.3) is 0 Å². The monoisotopic (exact) mass is 240 g/mol. The van der Waals surface area contributed by atoms with Crippen LogP contribution in [0.4, 0.5) is 0 Å². The van der Waals surface area contributed by atoms with E-state index >= 15 is 0 Å². The Kier molecular flexibility index (Phi) is 3.23. The van der Waals surface area contributed by atoms with Crippen LogP contribution >= 0.6 is 0 Å². The van der Waals surface area contributed by atoms with Crippen molar-refractivity contribution >= 4 is 5.97 Å². The lowest BCUT2D eigenvalue weighted by molar-refractivity contribution is -0.149. The van der Waals surface area contributed by atoms with E-state index < -0.39 is 5.60 Å². The zero-order valence-electron chi connectivity index (χ0n) is 11.4. The van der Waals surface area contributed by atoms with Gasteiger partial charge in [0.2, 0.25) is 0 Å². The number of hydrogen-bond acceptors (Lipinski definition) is 3. The highest BCUT2D eigenvalue weighted by Crippen LogP contribution is 2.60. The van der Waals surface area contributed by atoms with Crippen LogP contribution in [0.15, 0.2) is 0 Å². The van der Waals surface area contributed by atoms with Gasteiger partial charge in [-0.3, -0.25) is 0 Å². The summed E-state index contributed by atoms with van der Waals surface area (Å²) in [4.78, 5) is 12.1. The van der Waals surface area contributed by atoms with Gasteiger partial charge in [0.25, 0.3) is 0 Å². The van der Waals surface area contributed by atoms with Gasteiger partial charge >= 0.3 is 5.97 Å². The predicted octanol–water partition coefficient (Wildman–Crippen LogP) is 2.92. The summed E-state index contributed by atoms with van der Waals surface area (Å²) in [6, 6.07) is 0. The molecule has 2 fully saturated rings. The zero-order chi connectivity index (χ0) is 12.7. The van der Waals surface area contributed by atoms with Gasteiger partial charge in [0.05, 0.1) is 6.61 Å². The summed E-state index contributed by atoms with van der Waals surface area (Å²) < 4.78 is 11.2. The smallest absolute Gasteiger partial charge is 0.341 e. The molecule has 1 spiro atoms. The van der Waals surface area contributed by atoms with E-state index in [1.54, 1.807) is 0 Å². The average Bonchev–Trinajstić information content (AvgIpc) is 2.84. The minimum absolute atomic E-state index is 0.149. The molecule has 3 nitrogen and oxygen atoms in total. The van der Waals surface area contributed by atoms with Crippen molar-refractivity contribution in [3.63, 3.8) is 0 Å². The van der Waals surface area contributed by atoms with Crippen LogP contribution in [0.5, 0.6) is 0 Å². The normalized spacial score (nSPS) is 44.7. The van der Waals surface area contributed by atoms with Crippen LogP contribution in [0, 0.1) is 11.8 Å². The molecule has 1 aliphatic carbocycles. The summed E-state index contributed by atoms with van der Waals surface area (Å²) in [5, 5.41) is 0. The summed E-state index contributed by atoms with van der Waals surface area (Å²) in [5.74, 6) is 1.13. The fourth-order valence-corrected chi connectivity index (χ4v) is 3.80. The van der Waals surface area contributed by atoms with E-state index in [1.807, 2.05) is 13.8 Å². The molecule has 1 heterocycles. The molecule has 1 saturated carbocycles. The SMILES string of the molecule is CCOC(=O)C1(CC)OC12CC(C)CC(C)C2. The van der Waals surface area contributed by atoms with Gasteiger partial charge in [0, 0.05) is 0 Å². The van der Waals surface area contributed by atoms with Crippen molar-refractivity contribution in [2.75, 3.05) is 6.61 Å². The lowest BCUT2D eigenvalue weighted by Gasteiger charge is -2.31. The molecule has 17 heavy (non-hydrogen) atoms. The first-order chi connectivity index (χ1) is 7.99. The third-order valence-corrected chi connectivity index (χ3v) is 4.33. The maximum absolute atomic E-state index is 12.1. The van der Waals surface area contributed by atoms with Crippen LogP contribution in [0.3, 0.4) is 0 Å². The minimum Gasteiger partial charge on any atom is -0.464 e. The molecule has 0 radical (unpaired) electrons. The number of esters is 1. The Hall–Kier alpha value is -0.570. The maximum atomic E-state index is 12.1. The summed E-state index contributed by atoms with van der Waals surface area (Å²) >= 11 is 0. The Bertz CT molecular complexity index is 303. The van der Waals surface area contributed by atoms with Crippen LogP contribution in [0.1, 0.15) is 53.4 Å². The quantitative estimate of drug-likeness (QED) is 0.562. The highest BCUT2D eigenvalue weighted by atomic mass is 16.7. The second-order valence-electron chi connectivity index (χ2n) is 5.85. The molecule has 98 valence electrons. The number of carbonyl (C=O) groups is 1. The standard InChI is InChI=1S/C14H24O3/c1-5-14(12(15)16-6-2)13(17-14)8-10(3)7-11(4)9-13/h10-11H,5-9H2,1-4H3. The topological polar surface area (TPSA) is 38.8 Å². The van der Waals surface area contributed by atoms with Crippen molar-refractivity contribution in [2.24, 2.45) is 11.8 Å². The highest BCUT2D eigenvalue weighted by Gasteiger charge is 2.74. The molecule has 3 heteroatoms. The van der Waals surface area contributed by atoms with Crippen LogP contribution in [-0.2, 0) is 14.3 Å². The average molecular weight is 240 g/mol. The van der Waals surface area contributed by atoms with Gasteiger partial charge in [-0.15, -0.1) is 0 Å². The molecule has 0 amide bonds. The number of ether oxygens (including phenoxy) is 2. The van der Waals surface area contributed by atoms with Crippen molar-refractivity contribution in [3.05, 3.63) is 0 Å². The third kappa shape index (κ3) is 1.88. The fraction of sp³-hybridized carbons (Fsp3) is 0.929. The zero-order valence-corrected chi connectivity index (χ0v) is 11.4. The molecular formula is C14H24O3. The summed E-state index contributed by atoms with van der Waals surface area (Å²) in [6.45, 7) is 8.82. The van der Waals surface area contributed by atoms with Gasteiger partial charge in [-0.05, 0) is 44.4 Å². The molecule has 0 aromatic rings. The molecule has 3 unspecified atom stereocenters. The maximum Gasteiger partial charge on any atom is 0.341 e. The van der Waals surface area contributed by atoms with Crippen LogP contribution in [0.2, 0.25) is 0 Å². The molecule has 0 N–H and O–H groups in total. The molecule has 2 rings (SSSR count). The number of carbonyl (C=O) groups excluding carboxylic acids is 1. The van der Waals surface area contributed by atoms with E-state index in [-0.39, 0.29) is 11.6 Å². The molecule has 0 aromatic heterocycles. The van der Waals surface area contributed by atoms with E-state index in [9.17, 15) is 4.79 Å². The first kappa shape index (κ1) is 12.9. The predicted molar refractivity (Wildman–Crippen MR) is 65.7 cm³/mol. The lowest BCUT2D eigenvalue weighted by Crippen LogP contribution is -2.40. The Balaban J connectivity index is 2.15. The van der Waals surface area contributed by atoms with Gasteiger partial charge in [-0.1, -0.05) is 20.8 Å². The fourth-order valence-electron chi connectivity index (χ4n) is 3.80. The van der Waals surface area contributed by atoms with E-state index in [0.717, 1.165) is 19.3 Å². The molecule has 2 aliphatic rings. The van der Waals surface area contributed by atoms with Gasteiger partial charge in [0.15, 0.2) is 5.60 Å². The second kappa shape index (κ2) is 4.27. The van der Waals surface area contributed by atoms with Crippen LogP contribution in [-0.4, -0.2) is 23.8 Å². The first-order valence-corrected chi connectivity index (χ1v) is 6.87. The van der Waals surface area contributed by atoms with Gasteiger partial charge in [-0.25, -0.2) is 4.79 Å². The van der Waals surface area contributed by atoms with E-state index in [1.165, 1.54) is 6.42 Å². The van der Waals surface area contributed by atoms with Crippen molar-refractivity contribution in [1.82, 2.24) is 0 Å². The van der Waals surface area contributed by atoms with Crippen molar-refractivity contribution in [1.29, 1.82) is 0 Å². The molecule has 0 aromatic carbocycles.